The minimum Gasteiger partial charge on any atom is -0.493 e. The quantitative estimate of drug-likeness (QED) is 0.718. The molecular weight excluding hydrogens is 295 g/mol. The van der Waals surface area contributed by atoms with E-state index in [-0.39, 0.29) is 17.9 Å². The fourth-order valence-electron chi connectivity index (χ4n) is 1.99. The first-order valence-corrected chi connectivity index (χ1v) is 6.29. The van der Waals surface area contributed by atoms with Gasteiger partial charge in [-0.15, -0.1) is 0 Å². The van der Waals surface area contributed by atoms with Gasteiger partial charge in [-0.3, -0.25) is 0 Å². The first kappa shape index (κ1) is 17.7. The molecule has 0 fully saturated rings. The summed E-state index contributed by atoms with van der Waals surface area (Å²) in [4.78, 5) is 0. The molecule has 1 atom stereocenters. The van der Waals surface area contributed by atoms with Crippen molar-refractivity contribution in [3.8, 4) is 5.75 Å². The van der Waals surface area contributed by atoms with E-state index in [4.69, 9.17) is 9.47 Å². The van der Waals surface area contributed by atoms with E-state index >= 15 is 0 Å². The molecule has 0 aromatic heterocycles. The highest BCUT2D eigenvalue weighted by Crippen LogP contribution is 2.46. The van der Waals surface area contributed by atoms with Crippen molar-refractivity contribution in [2.24, 2.45) is 0 Å². The molecule has 21 heavy (non-hydrogen) atoms. The van der Waals surface area contributed by atoms with E-state index in [0.717, 1.165) is 7.11 Å². The number of halogens is 5. The zero-order chi connectivity index (χ0) is 16.3. The molecule has 0 amide bonds. The van der Waals surface area contributed by atoms with E-state index in [1.807, 2.05) is 0 Å². The zero-order valence-electron chi connectivity index (χ0n) is 11.9. The molecule has 0 saturated heterocycles. The summed E-state index contributed by atoms with van der Waals surface area (Å²) >= 11 is 0. The number of hydrogen-bond acceptors (Lipinski definition) is 2. The average molecular weight is 312 g/mol. The minimum atomic E-state index is -5.63. The molecule has 0 aliphatic rings. The summed E-state index contributed by atoms with van der Waals surface area (Å²) in [6, 6.07) is 6.05. The second-order valence-electron chi connectivity index (χ2n) is 4.74. The molecule has 1 aromatic rings. The molecule has 7 heteroatoms. The van der Waals surface area contributed by atoms with Crippen LogP contribution in [0.5, 0.6) is 5.75 Å². The van der Waals surface area contributed by atoms with Crippen molar-refractivity contribution in [3.63, 3.8) is 0 Å². The summed E-state index contributed by atoms with van der Waals surface area (Å²) in [6.07, 6.45) is -7.16. The Morgan fingerprint density at radius 3 is 2.10 bits per heavy atom. The van der Waals surface area contributed by atoms with Crippen LogP contribution in [0.2, 0.25) is 0 Å². The summed E-state index contributed by atoms with van der Waals surface area (Å²) in [7, 11) is 1.09. The lowest BCUT2D eigenvalue weighted by atomic mass is 9.88. The Morgan fingerprint density at radius 1 is 1.05 bits per heavy atom. The predicted molar refractivity (Wildman–Crippen MR) is 67.6 cm³/mol. The van der Waals surface area contributed by atoms with Crippen molar-refractivity contribution < 1.29 is 31.4 Å². The third-order valence-electron chi connectivity index (χ3n) is 3.18. The number of benzene rings is 1. The maximum atomic E-state index is 13.4. The van der Waals surface area contributed by atoms with Crippen molar-refractivity contribution >= 4 is 0 Å². The third-order valence-corrected chi connectivity index (χ3v) is 3.18. The van der Waals surface area contributed by atoms with Crippen LogP contribution >= 0.6 is 0 Å². The molecule has 0 spiro atoms. The van der Waals surface area contributed by atoms with E-state index < -0.39 is 24.1 Å². The van der Waals surface area contributed by atoms with Crippen LogP contribution in [0.3, 0.4) is 0 Å². The number of ether oxygens (including phenoxy) is 2. The Kier molecular flexibility index (Phi) is 5.20. The van der Waals surface area contributed by atoms with E-state index in [0.29, 0.717) is 0 Å². The minimum absolute atomic E-state index is 0.151. The molecule has 0 radical (unpaired) electrons. The van der Waals surface area contributed by atoms with E-state index in [9.17, 15) is 22.0 Å². The normalized spacial score (nSPS) is 15.6. The molecule has 0 N–H and O–H groups in total. The van der Waals surface area contributed by atoms with Crippen molar-refractivity contribution in [2.45, 2.75) is 38.0 Å². The lowest BCUT2D eigenvalue weighted by molar-refractivity contribution is -0.298. The van der Waals surface area contributed by atoms with Crippen LogP contribution in [0.15, 0.2) is 24.3 Å². The van der Waals surface area contributed by atoms with Gasteiger partial charge >= 0.3 is 12.1 Å². The average Bonchev–Trinajstić information content (AvgIpc) is 2.37. The summed E-state index contributed by atoms with van der Waals surface area (Å²) < 4.78 is 74.3. The summed E-state index contributed by atoms with van der Waals surface area (Å²) in [5.41, 5.74) is -1.68. The van der Waals surface area contributed by atoms with Gasteiger partial charge in [-0.25, -0.2) is 0 Å². The lowest BCUT2D eigenvalue weighted by Gasteiger charge is -2.34. The van der Waals surface area contributed by atoms with Gasteiger partial charge in [0.2, 0.25) is 0 Å². The lowest BCUT2D eigenvalue weighted by Crippen LogP contribution is -2.43. The van der Waals surface area contributed by atoms with Crippen LogP contribution in [-0.2, 0) is 10.3 Å². The standard InChI is InChI=1S/C14H17F5O2/c1-4-21-11-8-6-5-7-10(11)12(2,20-3)9-13(15,16)14(17,18)19/h5-8H,4,9H2,1-3H3. The van der Waals surface area contributed by atoms with Crippen molar-refractivity contribution in [1.29, 1.82) is 0 Å². The number of rotatable bonds is 6. The summed E-state index contributed by atoms with van der Waals surface area (Å²) in [5.74, 6) is -4.64. The Balaban J connectivity index is 3.22. The summed E-state index contributed by atoms with van der Waals surface area (Å²) in [6.45, 7) is 3.13. The van der Waals surface area contributed by atoms with Gasteiger partial charge in [-0.1, -0.05) is 18.2 Å². The number of alkyl halides is 5. The van der Waals surface area contributed by atoms with E-state index in [1.54, 1.807) is 13.0 Å². The molecule has 0 aliphatic carbocycles. The fourth-order valence-corrected chi connectivity index (χ4v) is 1.99. The molecule has 0 bridgehead atoms. The van der Waals surface area contributed by atoms with Crippen LogP contribution in [0.1, 0.15) is 25.8 Å². The first-order chi connectivity index (χ1) is 9.57. The molecule has 0 saturated carbocycles. The highest BCUT2D eigenvalue weighted by molar-refractivity contribution is 5.38. The monoisotopic (exact) mass is 312 g/mol. The van der Waals surface area contributed by atoms with E-state index in [1.165, 1.54) is 25.1 Å². The highest BCUT2D eigenvalue weighted by Gasteiger charge is 2.60. The maximum absolute atomic E-state index is 13.4. The zero-order valence-corrected chi connectivity index (χ0v) is 11.9. The molecule has 120 valence electrons. The van der Waals surface area contributed by atoms with Gasteiger partial charge in [-0.2, -0.15) is 22.0 Å². The molecular formula is C14H17F5O2. The summed E-state index contributed by atoms with van der Waals surface area (Å²) in [5, 5.41) is 0. The maximum Gasteiger partial charge on any atom is 0.453 e. The fraction of sp³-hybridized carbons (Fsp3) is 0.571. The molecule has 1 unspecified atom stereocenters. The second kappa shape index (κ2) is 6.17. The van der Waals surface area contributed by atoms with Gasteiger partial charge in [0.25, 0.3) is 0 Å². The molecule has 1 rings (SSSR count). The number of para-hydroxylation sites is 1. The molecule has 2 nitrogen and oxygen atoms in total. The topological polar surface area (TPSA) is 18.5 Å². The van der Waals surface area contributed by atoms with E-state index in [2.05, 4.69) is 0 Å². The van der Waals surface area contributed by atoms with Crippen molar-refractivity contribution in [1.82, 2.24) is 0 Å². The third kappa shape index (κ3) is 3.84. The van der Waals surface area contributed by atoms with Gasteiger partial charge in [0.05, 0.1) is 18.6 Å². The second-order valence-corrected chi connectivity index (χ2v) is 4.74. The Morgan fingerprint density at radius 2 is 1.62 bits per heavy atom. The van der Waals surface area contributed by atoms with Crippen LogP contribution in [0.25, 0.3) is 0 Å². The Hall–Kier alpha value is -1.37. The van der Waals surface area contributed by atoms with Crippen LogP contribution in [0, 0.1) is 0 Å². The van der Waals surface area contributed by atoms with Crippen LogP contribution < -0.4 is 4.74 Å². The van der Waals surface area contributed by atoms with Crippen molar-refractivity contribution in [2.75, 3.05) is 13.7 Å². The SMILES string of the molecule is CCOc1ccccc1C(C)(CC(F)(F)C(F)(F)F)OC. The number of hydrogen-bond donors (Lipinski definition) is 0. The largest absolute Gasteiger partial charge is 0.493 e. The van der Waals surface area contributed by atoms with Gasteiger partial charge in [0, 0.05) is 12.7 Å². The Bertz CT molecular complexity index is 473. The molecule has 1 aromatic carbocycles. The van der Waals surface area contributed by atoms with Crippen LogP contribution in [-0.4, -0.2) is 25.8 Å². The highest BCUT2D eigenvalue weighted by atomic mass is 19.4. The first-order valence-electron chi connectivity index (χ1n) is 6.29. The molecule has 0 heterocycles. The van der Waals surface area contributed by atoms with Gasteiger partial charge in [0.15, 0.2) is 0 Å². The van der Waals surface area contributed by atoms with Gasteiger partial charge < -0.3 is 9.47 Å². The van der Waals surface area contributed by atoms with Gasteiger partial charge in [-0.05, 0) is 19.9 Å². The van der Waals surface area contributed by atoms with Crippen LogP contribution in [0.4, 0.5) is 22.0 Å². The Labute approximate surface area is 119 Å². The smallest absolute Gasteiger partial charge is 0.453 e. The molecule has 0 aliphatic heterocycles. The van der Waals surface area contributed by atoms with Crippen molar-refractivity contribution in [3.05, 3.63) is 29.8 Å². The predicted octanol–water partition coefficient (Wildman–Crippen LogP) is 4.53. The number of methoxy groups -OCH3 is 1. The van der Waals surface area contributed by atoms with Gasteiger partial charge in [0.1, 0.15) is 5.75 Å².